The van der Waals surface area contributed by atoms with Gasteiger partial charge in [0.2, 0.25) is 0 Å². The zero-order chi connectivity index (χ0) is 20.7. The van der Waals surface area contributed by atoms with E-state index in [9.17, 15) is 4.79 Å². The normalized spacial score (nSPS) is 16.9. The van der Waals surface area contributed by atoms with E-state index in [1.165, 1.54) is 15.1 Å². The number of hydrogen-bond acceptors (Lipinski definition) is 8. The number of hydrogen-bond donors (Lipinski definition) is 0. The second-order valence-electron chi connectivity index (χ2n) is 5.91. The Balaban J connectivity index is 0.000000500. The maximum Gasteiger partial charge on any atom is 0.309 e. The van der Waals surface area contributed by atoms with Crippen molar-refractivity contribution in [3.8, 4) is 10.4 Å². The molecule has 0 bridgehead atoms. The lowest BCUT2D eigenvalue weighted by Gasteiger charge is -2.18. The fraction of sp³-hybridized carbons (Fsp3) is 0.412. The maximum atomic E-state index is 11.8. The van der Waals surface area contributed by atoms with Gasteiger partial charge in [-0.2, -0.15) is 0 Å². The molecule has 1 saturated heterocycles. The van der Waals surface area contributed by atoms with E-state index in [4.69, 9.17) is 35.0 Å². The minimum absolute atomic E-state index is 0.0389. The number of carbonyl (C=O) groups is 1. The Morgan fingerprint density at radius 3 is 2.29 bits per heavy atom. The lowest BCUT2D eigenvalue weighted by molar-refractivity contribution is -2.00. The Morgan fingerprint density at radius 2 is 1.75 bits per heavy atom. The molecule has 1 fully saturated rings. The summed E-state index contributed by atoms with van der Waals surface area (Å²) in [7, 11) is -1.37. The van der Waals surface area contributed by atoms with Gasteiger partial charge in [-0.15, -0.1) is 10.2 Å². The van der Waals surface area contributed by atoms with Crippen molar-refractivity contribution in [2.24, 2.45) is 5.92 Å². The molecule has 0 atom stereocenters. The van der Waals surface area contributed by atoms with Gasteiger partial charge in [-0.3, -0.25) is 4.79 Å². The molecule has 0 saturated carbocycles. The van der Waals surface area contributed by atoms with Crippen LogP contribution in [-0.2, 0) is 9.53 Å². The Morgan fingerprint density at radius 1 is 1.18 bits per heavy atom. The van der Waals surface area contributed by atoms with Crippen molar-refractivity contribution in [2.75, 3.05) is 19.7 Å². The third-order valence-electron chi connectivity index (χ3n) is 4.03. The number of nitrogens with zero attached hydrogens (tertiary/aromatic N) is 1. The zero-order valence-corrected chi connectivity index (χ0v) is 18.1. The highest BCUT2D eigenvalue weighted by Gasteiger charge is 2.28. The smallest absolute Gasteiger partial charge is 0.309 e. The van der Waals surface area contributed by atoms with Crippen molar-refractivity contribution in [1.29, 1.82) is 0 Å². The second kappa shape index (κ2) is 10.7. The summed E-state index contributed by atoms with van der Waals surface area (Å²) in [6.45, 7) is 4.15. The number of halogens is 2. The highest BCUT2D eigenvalue weighted by Crippen LogP contribution is 2.26. The van der Waals surface area contributed by atoms with Crippen molar-refractivity contribution in [3.05, 3.63) is 40.0 Å². The maximum absolute atomic E-state index is 11.8. The number of ether oxygens (including phenoxy) is 1. The molecule has 0 N–H and O–H groups in total. The van der Waals surface area contributed by atoms with E-state index in [0.717, 1.165) is 31.0 Å². The molecule has 1 aliphatic rings. The fourth-order valence-corrected chi connectivity index (χ4v) is 5.37. The zero-order valence-electron chi connectivity index (χ0n) is 15.0. The molecule has 0 unspecified atom stereocenters. The average Bonchev–Trinajstić information content (AvgIpc) is 3.11. The standard InChI is InChI=1S/C17H19ClNO2S2.ClHO4/c1-2-21-17(20)13-7-9-19(10-8-13)16-11-15(22-23-16)12-3-5-14(18)6-4-12;2-1(3,4)5/h3-6,11,13H,2,7-10H2,1H3;(H,2,3,4,5)/q+1;/p-1. The Hall–Kier alpha value is -1.04. The molecule has 7 nitrogen and oxygen atoms in total. The molecule has 1 aromatic carbocycles. The molecule has 154 valence electrons. The van der Waals surface area contributed by atoms with E-state index in [2.05, 4.69) is 22.8 Å². The first-order valence-electron chi connectivity index (χ1n) is 8.40. The van der Waals surface area contributed by atoms with Gasteiger partial charge in [-0.25, -0.2) is 23.2 Å². The highest BCUT2D eigenvalue weighted by molar-refractivity contribution is 7.69. The molecule has 0 amide bonds. The van der Waals surface area contributed by atoms with Crippen LogP contribution in [0.15, 0.2) is 30.3 Å². The fourth-order valence-electron chi connectivity index (χ4n) is 2.73. The first-order valence-corrected chi connectivity index (χ1v) is 12.2. The Kier molecular flexibility index (Phi) is 8.84. The monoisotopic (exact) mass is 467 g/mol. The quantitative estimate of drug-likeness (QED) is 0.328. The van der Waals surface area contributed by atoms with E-state index in [0.29, 0.717) is 6.61 Å². The van der Waals surface area contributed by atoms with Crippen LogP contribution in [0, 0.1) is 16.2 Å². The van der Waals surface area contributed by atoms with Crippen LogP contribution in [0.2, 0.25) is 5.02 Å². The molecular weight excluding hydrogens is 449 g/mol. The number of piperidine rings is 1. The van der Waals surface area contributed by atoms with Gasteiger partial charge in [0, 0.05) is 23.9 Å². The molecule has 28 heavy (non-hydrogen) atoms. The van der Waals surface area contributed by atoms with Crippen molar-refractivity contribution in [3.63, 3.8) is 0 Å². The van der Waals surface area contributed by atoms with Crippen LogP contribution < -0.4 is 27.9 Å². The molecule has 0 radical (unpaired) electrons. The summed E-state index contributed by atoms with van der Waals surface area (Å²) >= 11 is 5.95. The van der Waals surface area contributed by atoms with E-state index in [1.54, 1.807) is 20.7 Å². The van der Waals surface area contributed by atoms with Crippen LogP contribution in [-0.4, -0.2) is 25.7 Å². The summed E-state index contributed by atoms with van der Waals surface area (Å²) < 4.78 is 42.8. The summed E-state index contributed by atoms with van der Waals surface area (Å²) in [5, 5.41) is 0.759. The van der Waals surface area contributed by atoms with Crippen LogP contribution in [0.4, 0.5) is 0 Å². The Labute approximate surface area is 176 Å². The third kappa shape index (κ3) is 7.76. The molecule has 1 aliphatic heterocycles. The second-order valence-corrected chi connectivity index (χ2v) is 9.30. The summed E-state index contributed by atoms with van der Waals surface area (Å²) in [6.07, 6.45) is 1.75. The minimum Gasteiger partial charge on any atom is -0.466 e. The van der Waals surface area contributed by atoms with Crippen molar-refractivity contribution >= 4 is 38.3 Å². The molecule has 0 aliphatic carbocycles. The lowest BCUT2D eigenvalue weighted by atomic mass is 9.98. The van der Waals surface area contributed by atoms with E-state index in [1.807, 2.05) is 19.1 Å². The van der Waals surface area contributed by atoms with Gasteiger partial charge in [0.05, 0.1) is 17.4 Å². The number of rotatable bonds is 3. The van der Waals surface area contributed by atoms with Crippen molar-refractivity contribution < 1.29 is 38.4 Å². The van der Waals surface area contributed by atoms with Gasteiger partial charge in [-0.1, -0.05) is 34.1 Å². The van der Waals surface area contributed by atoms with Crippen LogP contribution in [0.3, 0.4) is 0 Å². The van der Waals surface area contributed by atoms with Crippen LogP contribution in [0.25, 0.3) is 10.4 Å². The first kappa shape index (κ1) is 23.2. The molecule has 2 aromatic rings. The van der Waals surface area contributed by atoms with Crippen molar-refractivity contribution in [2.45, 2.75) is 19.8 Å². The summed E-state index contributed by atoms with van der Waals surface area (Å²) in [6, 6.07) is 10.2. The van der Waals surface area contributed by atoms with Gasteiger partial charge in [0.15, 0.2) is 0 Å². The van der Waals surface area contributed by atoms with Gasteiger partial charge in [0.1, 0.15) is 13.1 Å². The number of carbonyl (C=O) groups excluding carboxylic acids is 1. The summed E-state index contributed by atoms with van der Waals surface area (Å²) in [5.41, 5.74) is 1.20. The van der Waals surface area contributed by atoms with Gasteiger partial charge < -0.3 is 4.74 Å². The van der Waals surface area contributed by atoms with Crippen LogP contribution in [0.1, 0.15) is 19.8 Å². The van der Waals surface area contributed by atoms with E-state index < -0.39 is 10.2 Å². The Bertz CT molecular complexity index is 828. The largest absolute Gasteiger partial charge is 0.466 e. The van der Waals surface area contributed by atoms with E-state index >= 15 is 0 Å². The molecule has 1 aromatic heterocycles. The van der Waals surface area contributed by atoms with Gasteiger partial charge in [-0.05, 0) is 35.0 Å². The van der Waals surface area contributed by atoms with Crippen LogP contribution in [0.5, 0.6) is 0 Å². The average molecular weight is 468 g/mol. The van der Waals surface area contributed by atoms with Gasteiger partial charge in [0.25, 0.3) is 4.67 Å². The van der Waals surface area contributed by atoms with E-state index in [-0.39, 0.29) is 11.9 Å². The molecule has 3 rings (SSSR count). The minimum atomic E-state index is -4.94. The SMILES string of the molecule is CCOC(=O)C1CC[N+](=c2cc(-c3ccc(Cl)cc3)ss2)CC1.[O-][Cl+3]([O-])([O-])[O-]. The molecule has 11 heteroatoms. The van der Waals surface area contributed by atoms with Crippen LogP contribution >= 0.6 is 32.3 Å². The summed E-state index contributed by atoms with van der Waals surface area (Å²) in [4.78, 5) is 13.1. The predicted octanol–water partition coefficient (Wildman–Crippen LogP) is -0.881. The summed E-state index contributed by atoms with van der Waals surface area (Å²) in [5.74, 6) is 0.0218. The van der Waals surface area contributed by atoms with Gasteiger partial charge >= 0.3 is 5.97 Å². The highest BCUT2D eigenvalue weighted by atomic mass is 35.7. The molecule has 0 spiro atoms. The van der Waals surface area contributed by atoms with Crippen molar-refractivity contribution in [1.82, 2.24) is 4.58 Å². The predicted molar refractivity (Wildman–Crippen MR) is 97.0 cm³/mol. The molecule has 2 heterocycles. The number of benzene rings is 1. The topological polar surface area (TPSA) is 122 Å². The molecular formula is C17H19Cl2NO6S2. The first-order chi connectivity index (χ1) is 13.2. The third-order valence-corrected chi connectivity index (χ3v) is 6.74. The number of esters is 1. The lowest BCUT2D eigenvalue weighted by Crippen LogP contribution is -2.68.